The van der Waals surface area contributed by atoms with Gasteiger partial charge in [-0.1, -0.05) is 18.2 Å². The first-order valence-electron chi connectivity index (χ1n) is 5.81. The van der Waals surface area contributed by atoms with Crippen molar-refractivity contribution in [2.75, 3.05) is 5.73 Å². The molecule has 0 saturated heterocycles. The van der Waals surface area contributed by atoms with E-state index < -0.39 is 5.82 Å². The molecule has 1 heterocycles. The van der Waals surface area contributed by atoms with Crippen LogP contribution in [0.4, 0.5) is 10.1 Å². The smallest absolute Gasteiger partial charge is 0.165 e. The Labute approximate surface area is 109 Å². The lowest BCUT2D eigenvalue weighted by atomic mass is 10.2. The zero-order valence-corrected chi connectivity index (χ0v) is 10.0. The Kier molecular flexibility index (Phi) is 2.76. The molecule has 3 rings (SSSR count). The Morgan fingerprint density at radius 3 is 2.63 bits per heavy atom. The number of anilines is 1. The van der Waals surface area contributed by atoms with Crippen LogP contribution in [0.2, 0.25) is 0 Å². The molecule has 0 spiro atoms. The van der Waals surface area contributed by atoms with Crippen LogP contribution < -0.4 is 10.5 Å². The topological polar surface area (TPSA) is 48.1 Å². The summed E-state index contributed by atoms with van der Waals surface area (Å²) in [7, 11) is 0. The Bertz CT molecular complexity index is 743. The molecule has 4 heteroatoms. The number of hydrogen-bond acceptors (Lipinski definition) is 3. The lowest BCUT2D eigenvalue weighted by molar-refractivity contribution is 0.446. The minimum absolute atomic E-state index is 0.178. The molecule has 0 aliphatic rings. The Balaban J connectivity index is 2.12. The van der Waals surface area contributed by atoms with Crippen molar-refractivity contribution < 1.29 is 9.13 Å². The third-order valence-electron chi connectivity index (χ3n) is 2.82. The van der Waals surface area contributed by atoms with Gasteiger partial charge in [-0.2, -0.15) is 0 Å². The standard InChI is InChI=1S/C15H11FN2O/c16-11-5-1-2-7-14(11)19-13-8-9-18-15-10(13)4-3-6-12(15)17/h1-9H,17H2. The fraction of sp³-hybridized carbons (Fsp3) is 0. The molecular weight excluding hydrogens is 243 g/mol. The lowest BCUT2D eigenvalue weighted by Gasteiger charge is -2.09. The first kappa shape index (κ1) is 11.5. The second-order valence-electron chi connectivity index (χ2n) is 4.08. The first-order chi connectivity index (χ1) is 9.25. The van der Waals surface area contributed by atoms with Crippen molar-refractivity contribution in [3.8, 4) is 11.5 Å². The number of hydrogen-bond donors (Lipinski definition) is 1. The summed E-state index contributed by atoms with van der Waals surface area (Å²) in [6.07, 6.45) is 1.59. The van der Waals surface area contributed by atoms with Crippen molar-refractivity contribution in [3.05, 3.63) is 60.5 Å². The van der Waals surface area contributed by atoms with Gasteiger partial charge in [-0.3, -0.25) is 4.98 Å². The highest BCUT2D eigenvalue weighted by atomic mass is 19.1. The summed E-state index contributed by atoms with van der Waals surface area (Å²) in [4.78, 5) is 4.21. The zero-order valence-electron chi connectivity index (χ0n) is 10.0. The molecule has 1 aromatic heterocycles. The van der Waals surface area contributed by atoms with Crippen molar-refractivity contribution in [1.29, 1.82) is 0 Å². The molecular formula is C15H11FN2O. The number of para-hydroxylation sites is 2. The molecule has 3 aromatic rings. The van der Waals surface area contributed by atoms with Gasteiger partial charge in [0, 0.05) is 11.6 Å². The Morgan fingerprint density at radius 1 is 0.947 bits per heavy atom. The maximum absolute atomic E-state index is 13.6. The van der Waals surface area contributed by atoms with Gasteiger partial charge in [-0.25, -0.2) is 4.39 Å². The second kappa shape index (κ2) is 4.57. The van der Waals surface area contributed by atoms with Crippen LogP contribution in [-0.2, 0) is 0 Å². The minimum Gasteiger partial charge on any atom is -0.454 e. The van der Waals surface area contributed by atoms with E-state index in [-0.39, 0.29) is 5.75 Å². The molecule has 94 valence electrons. The van der Waals surface area contributed by atoms with E-state index in [2.05, 4.69) is 4.98 Å². The van der Waals surface area contributed by atoms with Crippen LogP contribution in [0.25, 0.3) is 10.9 Å². The van der Waals surface area contributed by atoms with Gasteiger partial charge in [0.15, 0.2) is 11.6 Å². The summed E-state index contributed by atoms with van der Waals surface area (Å²) in [5.74, 6) is 0.302. The van der Waals surface area contributed by atoms with E-state index in [1.54, 1.807) is 36.5 Å². The maximum atomic E-state index is 13.6. The Hall–Kier alpha value is -2.62. The van der Waals surface area contributed by atoms with Crippen LogP contribution in [0.1, 0.15) is 0 Å². The third kappa shape index (κ3) is 2.08. The predicted octanol–water partition coefficient (Wildman–Crippen LogP) is 3.75. The largest absolute Gasteiger partial charge is 0.454 e. The van der Waals surface area contributed by atoms with Gasteiger partial charge in [0.25, 0.3) is 0 Å². The highest BCUT2D eigenvalue weighted by molar-refractivity contribution is 5.93. The summed E-state index contributed by atoms with van der Waals surface area (Å²) in [5.41, 5.74) is 7.07. The molecule has 3 nitrogen and oxygen atoms in total. The summed E-state index contributed by atoms with van der Waals surface area (Å²) in [5, 5.41) is 0.755. The molecule has 0 aliphatic carbocycles. The van der Waals surface area contributed by atoms with Crippen LogP contribution in [0.5, 0.6) is 11.5 Å². The van der Waals surface area contributed by atoms with Crippen LogP contribution in [0.3, 0.4) is 0 Å². The summed E-state index contributed by atoms with van der Waals surface area (Å²) in [6.45, 7) is 0. The van der Waals surface area contributed by atoms with Crippen molar-refractivity contribution in [2.45, 2.75) is 0 Å². The number of halogens is 1. The van der Waals surface area contributed by atoms with E-state index in [1.807, 2.05) is 12.1 Å². The first-order valence-corrected chi connectivity index (χ1v) is 5.81. The van der Waals surface area contributed by atoms with Gasteiger partial charge in [0.05, 0.1) is 11.2 Å². The van der Waals surface area contributed by atoms with E-state index >= 15 is 0 Å². The van der Waals surface area contributed by atoms with Crippen LogP contribution in [0, 0.1) is 5.82 Å². The van der Waals surface area contributed by atoms with Gasteiger partial charge < -0.3 is 10.5 Å². The van der Waals surface area contributed by atoms with Crippen molar-refractivity contribution >= 4 is 16.6 Å². The van der Waals surface area contributed by atoms with Gasteiger partial charge in [-0.15, -0.1) is 0 Å². The summed E-state index contributed by atoms with van der Waals surface area (Å²) >= 11 is 0. The highest BCUT2D eigenvalue weighted by Crippen LogP contribution is 2.31. The molecule has 0 unspecified atom stereocenters. The molecule has 0 radical (unpaired) electrons. The van der Waals surface area contributed by atoms with Gasteiger partial charge in [-0.05, 0) is 30.3 Å². The maximum Gasteiger partial charge on any atom is 0.165 e. The molecule has 2 N–H and O–H groups in total. The second-order valence-corrected chi connectivity index (χ2v) is 4.08. The zero-order chi connectivity index (χ0) is 13.2. The van der Waals surface area contributed by atoms with Gasteiger partial charge >= 0.3 is 0 Å². The fourth-order valence-corrected chi connectivity index (χ4v) is 1.91. The number of benzene rings is 2. The van der Waals surface area contributed by atoms with E-state index in [0.29, 0.717) is 17.0 Å². The fourth-order valence-electron chi connectivity index (χ4n) is 1.91. The molecule has 0 fully saturated rings. The number of pyridine rings is 1. The average molecular weight is 254 g/mol. The molecule has 0 saturated carbocycles. The highest BCUT2D eigenvalue weighted by Gasteiger charge is 2.08. The molecule has 2 aromatic carbocycles. The molecule has 0 aliphatic heterocycles. The monoisotopic (exact) mass is 254 g/mol. The van der Waals surface area contributed by atoms with Crippen LogP contribution in [0.15, 0.2) is 54.7 Å². The van der Waals surface area contributed by atoms with Crippen LogP contribution >= 0.6 is 0 Å². The SMILES string of the molecule is Nc1cccc2c(Oc3ccccc3F)ccnc12. The van der Waals surface area contributed by atoms with E-state index in [1.165, 1.54) is 6.07 Å². The lowest BCUT2D eigenvalue weighted by Crippen LogP contribution is -1.93. The van der Waals surface area contributed by atoms with E-state index in [9.17, 15) is 4.39 Å². The van der Waals surface area contributed by atoms with E-state index in [0.717, 1.165) is 5.39 Å². The summed E-state index contributed by atoms with van der Waals surface area (Å²) < 4.78 is 19.2. The molecule has 0 atom stereocenters. The number of nitrogens with zero attached hydrogens (tertiary/aromatic N) is 1. The molecule has 19 heavy (non-hydrogen) atoms. The molecule has 0 bridgehead atoms. The van der Waals surface area contributed by atoms with Crippen molar-refractivity contribution in [1.82, 2.24) is 4.98 Å². The average Bonchev–Trinajstić information content (AvgIpc) is 2.42. The van der Waals surface area contributed by atoms with Gasteiger partial charge in [0.1, 0.15) is 5.75 Å². The normalized spacial score (nSPS) is 10.6. The van der Waals surface area contributed by atoms with Gasteiger partial charge in [0.2, 0.25) is 0 Å². The quantitative estimate of drug-likeness (QED) is 0.708. The number of aromatic nitrogens is 1. The van der Waals surface area contributed by atoms with Crippen molar-refractivity contribution in [2.24, 2.45) is 0 Å². The predicted molar refractivity (Wildman–Crippen MR) is 72.6 cm³/mol. The third-order valence-corrected chi connectivity index (χ3v) is 2.82. The number of rotatable bonds is 2. The van der Waals surface area contributed by atoms with E-state index in [4.69, 9.17) is 10.5 Å². The number of nitrogens with two attached hydrogens (primary N) is 1. The summed E-state index contributed by atoms with van der Waals surface area (Å²) in [6, 6.07) is 13.4. The number of fused-ring (bicyclic) bond motifs is 1. The molecule has 0 amide bonds. The van der Waals surface area contributed by atoms with Crippen molar-refractivity contribution in [3.63, 3.8) is 0 Å². The number of ether oxygens (including phenoxy) is 1. The van der Waals surface area contributed by atoms with Crippen LogP contribution in [-0.4, -0.2) is 4.98 Å². The minimum atomic E-state index is -0.406. The Morgan fingerprint density at radius 2 is 1.79 bits per heavy atom. The number of nitrogen functional groups attached to an aromatic ring is 1.